The maximum Gasteiger partial charge on any atom is 0.410 e. The van der Waals surface area contributed by atoms with Gasteiger partial charge in [0.25, 0.3) is 0 Å². The van der Waals surface area contributed by atoms with Crippen molar-refractivity contribution in [1.82, 2.24) is 19.7 Å². The minimum Gasteiger partial charge on any atom is -0.473 e. The van der Waals surface area contributed by atoms with Gasteiger partial charge < -0.3 is 19.1 Å². The summed E-state index contributed by atoms with van der Waals surface area (Å²) in [5, 5.41) is 5.81. The number of nitrogens with zero attached hydrogens (tertiary/aromatic N) is 5. The van der Waals surface area contributed by atoms with Crippen molar-refractivity contribution in [1.29, 1.82) is 0 Å². The molecular weight excluding hydrogens is 618 g/mol. The molecule has 2 aromatic heterocycles. The van der Waals surface area contributed by atoms with Gasteiger partial charge in [0.05, 0.1) is 18.2 Å². The highest BCUT2D eigenvalue weighted by molar-refractivity contribution is 6.00. The van der Waals surface area contributed by atoms with E-state index in [4.69, 9.17) is 24.3 Å². The number of aromatic nitrogens is 3. The highest BCUT2D eigenvalue weighted by atomic mass is 16.5. The van der Waals surface area contributed by atoms with E-state index in [0.717, 1.165) is 33.3 Å². The van der Waals surface area contributed by atoms with Gasteiger partial charge in [-0.2, -0.15) is 10.1 Å². The predicted octanol–water partition coefficient (Wildman–Crippen LogP) is 7.54. The number of piperidine rings is 1. The molecule has 1 aliphatic rings. The van der Waals surface area contributed by atoms with Crippen LogP contribution in [0.4, 0.5) is 10.5 Å². The molecule has 0 unspecified atom stereocenters. The molecule has 10 nitrogen and oxygen atoms in total. The van der Waals surface area contributed by atoms with E-state index < -0.39 is 11.6 Å². The summed E-state index contributed by atoms with van der Waals surface area (Å²) >= 11 is 0. The molecule has 5 aromatic rings. The lowest BCUT2D eigenvalue weighted by Gasteiger charge is -2.46. The van der Waals surface area contributed by atoms with Crippen LogP contribution >= 0.6 is 0 Å². The molecule has 1 aliphatic heterocycles. The lowest BCUT2D eigenvalue weighted by Crippen LogP contribution is -2.58. The van der Waals surface area contributed by atoms with Gasteiger partial charge in [-0.05, 0) is 69.5 Å². The molecule has 2 atom stereocenters. The normalized spacial score (nSPS) is 16.4. The highest BCUT2D eigenvalue weighted by Crippen LogP contribution is 2.38. The van der Waals surface area contributed by atoms with Crippen LogP contribution in [0.1, 0.15) is 51.7 Å². The monoisotopic (exact) mass is 661 g/mol. The summed E-state index contributed by atoms with van der Waals surface area (Å²) in [5.41, 5.74) is 4.65. The molecule has 0 saturated carbocycles. The molecule has 3 heterocycles. The first kappa shape index (κ1) is 33.5. The third-order valence-electron chi connectivity index (χ3n) is 8.84. The van der Waals surface area contributed by atoms with E-state index in [-0.39, 0.29) is 24.4 Å². The quantitative estimate of drug-likeness (QED) is 0.161. The van der Waals surface area contributed by atoms with Gasteiger partial charge in [0.1, 0.15) is 18.9 Å². The van der Waals surface area contributed by atoms with Crippen molar-refractivity contribution in [2.24, 2.45) is 7.05 Å². The number of aryl methyl sites for hydroxylation is 1. The van der Waals surface area contributed by atoms with Crippen molar-refractivity contribution in [2.75, 3.05) is 12.0 Å². The number of amides is 2. The van der Waals surface area contributed by atoms with Crippen molar-refractivity contribution < 1.29 is 23.8 Å². The van der Waals surface area contributed by atoms with Crippen molar-refractivity contribution in [3.05, 3.63) is 102 Å². The van der Waals surface area contributed by atoms with Gasteiger partial charge >= 0.3 is 6.09 Å². The summed E-state index contributed by atoms with van der Waals surface area (Å²) in [6.07, 6.45) is 0.407. The standard InChI is InChI=1S/C39H43N5O5/c1-26-21-30(44(38(46)47-6)39(2,3)4)23-35(45)43(26)29-17-18-31-33(22-29)42(5)41-36(31)32-19-20-34(48-24-27-13-9-7-10-14-27)40-37(32)49-25-28-15-11-8-12-16-28/h7-20,22,26,30H,21,23-25H2,1-6H3/t26-,30+/m1/s1. The number of methoxy groups -OCH3 is 1. The molecule has 0 aliphatic carbocycles. The number of pyridine rings is 1. The largest absolute Gasteiger partial charge is 0.473 e. The van der Waals surface area contributed by atoms with Crippen LogP contribution in [0.3, 0.4) is 0 Å². The fraction of sp³-hybridized carbons (Fsp3) is 0.333. The third kappa shape index (κ3) is 7.23. The first-order valence-electron chi connectivity index (χ1n) is 16.5. The van der Waals surface area contributed by atoms with Crippen molar-refractivity contribution in [3.8, 4) is 23.0 Å². The van der Waals surface area contributed by atoms with E-state index in [0.29, 0.717) is 37.1 Å². The number of hydrogen-bond acceptors (Lipinski definition) is 7. The minimum atomic E-state index is -0.491. The molecule has 1 saturated heterocycles. The number of hydrogen-bond donors (Lipinski definition) is 0. The first-order valence-corrected chi connectivity index (χ1v) is 16.5. The zero-order valence-corrected chi connectivity index (χ0v) is 28.9. The molecule has 0 bridgehead atoms. The number of carbonyl (C=O) groups is 2. The molecule has 6 rings (SSSR count). The summed E-state index contributed by atoms with van der Waals surface area (Å²) in [7, 11) is 3.27. The van der Waals surface area contributed by atoms with Gasteiger partial charge in [-0.15, -0.1) is 0 Å². The molecule has 10 heteroatoms. The zero-order valence-electron chi connectivity index (χ0n) is 28.9. The molecule has 0 radical (unpaired) electrons. The summed E-state index contributed by atoms with van der Waals surface area (Å²) in [6, 6.07) is 29.2. The van der Waals surface area contributed by atoms with E-state index in [1.165, 1.54) is 7.11 Å². The zero-order chi connectivity index (χ0) is 34.7. The molecule has 254 valence electrons. The number of benzene rings is 3. The topological polar surface area (TPSA) is 99.0 Å². The average molecular weight is 662 g/mol. The SMILES string of the molecule is COC(=O)N([C@@H]1CC(=O)N(c2ccc3c(-c4ccc(OCc5ccccc5)nc4OCc4ccccc4)nn(C)c3c2)[C@H](C)C1)C(C)(C)C. The van der Waals surface area contributed by atoms with Crippen molar-refractivity contribution in [3.63, 3.8) is 0 Å². The van der Waals surface area contributed by atoms with Crippen molar-refractivity contribution >= 4 is 28.6 Å². The molecular formula is C39H43N5O5. The highest BCUT2D eigenvalue weighted by Gasteiger charge is 2.41. The Hall–Kier alpha value is -5.38. The summed E-state index contributed by atoms with van der Waals surface area (Å²) < 4.78 is 19.3. The van der Waals surface area contributed by atoms with Gasteiger partial charge in [-0.25, -0.2) is 4.79 Å². The van der Waals surface area contributed by atoms with Crippen molar-refractivity contribution in [2.45, 2.75) is 71.4 Å². The second-order valence-electron chi connectivity index (χ2n) is 13.4. The Morgan fingerprint density at radius 3 is 2.18 bits per heavy atom. The van der Waals surface area contributed by atoms with Crippen LogP contribution in [0, 0.1) is 0 Å². The van der Waals surface area contributed by atoms with E-state index in [2.05, 4.69) is 0 Å². The van der Waals surface area contributed by atoms with E-state index in [1.807, 2.05) is 135 Å². The number of fused-ring (bicyclic) bond motifs is 1. The van der Waals surface area contributed by atoms with Gasteiger partial charge in [-0.1, -0.05) is 60.7 Å². The second kappa shape index (κ2) is 14.0. The Bertz CT molecular complexity index is 1940. The van der Waals surface area contributed by atoms with Crippen LogP contribution in [0.5, 0.6) is 11.8 Å². The number of ether oxygens (including phenoxy) is 3. The second-order valence-corrected chi connectivity index (χ2v) is 13.4. The van der Waals surface area contributed by atoms with Crippen LogP contribution in [-0.2, 0) is 29.8 Å². The number of anilines is 1. The minimum absolute atomic E-state index is 0.0458. The van der Waals surface area contributed by atoms with Gasteiger partial charge in [0.15, 0.2) is 0 Å². The molecule has 3 aromatic carbocycles. The van der Waals surface area contributed by atoms with Gasteiger partial charge in [0, 0.05) is 48.2 Å². The Balaban J connectivity index is 1.30. The lowest BCUT2D eigenvalue weighted by atomic mass is 9.92. The Morgan fingerprint density at radius 1 is 0.918 bits per heavy atom. The third-order valence-corrected chi connectivity index (χ3v) is 8.84. The molecule has 49 heavy (non-hydrogen) atoms. The summed E-state index contributed by atoms with van der Waals surface area (Å²) in [4.78, 5) is 34.7. The van der Waals surface area contributed by atoms with Crippen LogP contribution in [0.15, 0.2) is 91.0 Å². The molecule has 1 fully saturated rings. The lowest BCUT2D eigenvalue weighted by molar-refractivity contribution is -0.122. The maximum absolute atomic E-state index is 13.7. The number of carbonyl (C=O) groups excluding carboxylic acids is 2. The Morgan fingerprint density at radius 2 is 1.57 bits per heavy atom. The van der Waals surface area contributed by atoms with Gasteiger partial charge in [-0.3, -0.25) is 14.4 Å². The molecule has 0 N–H and O–H groups in total. The smallest absolute Gasteiger partial charge is 0.410 e. The van der Waals surface area contributed by atoms with E-state index in [1.54, 1.807) is 4.90 Å². The van der Waals surface area contributed by atoms with Gasteiger partial charge in [0.2, 0.25) is 17.7 Å². The predicted molar refractivity (Wildman–Crippen MR) is 189 cm³/mol. The summed E-state index contributed by atoms with van der Waals surface area (Å²) in [6.45, 7) is 8.60. The average Bonchev–Trinajstić information content (AvgIpc) is 3.41. The fourth-order valence-corrected chi connectivity index (χ4v) is 6.64. The van der Waals surface area contributed by atoms with Crippen LogP contribution in [-0.4, -0.2) is 56.4 Å². The molecule has 2 amide bonds. The fourth-order valence-electron chi connectivity index (χ4n) is 6.64. The first-order chi connectivity index (χ1) is 23.5. The Kier molecular flexibility index (Phi) is 9.58. The van der Waals surface area contributed by atoms with Crippen LogP contribution < -0.4 is 14.4 Å². The molecule has 0 spiro atoms. The summed E-state index contributed by atoms with van der Waals surface area (Å²) in [5.74, 6) is 0.820. The van der Waals surface area contributed by atoms with E-state index in [9.17, 15) is 9.59 Å². The Labute approximate surface area is 287 Å². The maximum atomic E-state index is 13.7. The van der Waals surface area contributed by atoms with E-state index >= 15 is 0 Å². The van der Waals surface area contributed by atoms with Crippen LogP contribution in [0.25, 0.3) is 22.2 Å². The number of rotatable bonds is 9. The van der Waals surface area contributed by atoms with Crippen LogP contribution in [0.2, 0.25) is 0 Å².